The van der Waals surface area contributed by atoms with Crippen LogP contribution >= 0.6 is 0 Å². The number of carbonyl (C=O) groups is 2. The lowest BCUT2D eigenvalue weighted by molar-refractivity contribution is -0.147. The van der Waals surface area contributed by atoms with E-state index in [1.165, 1.54) is 0 Å². The van der Waals surface area contributed by atoms with Gasteiger partial charge in [0, 0.05) is 47.9 Å². The van der Waals surface area contributed by atoms with Crippen molar-refractivity contribution in [1.29, 1.82) is 0 Å². The summed E-state index contributed by atoms with van der Waals surface area (Å²) >= 11 is 0. The summed E-state index contributed by atoms with van der Waals surface area (Å²) in [7, 11) is 1.99. The third-order valence-corrected chi connectivity index (χ3v) is 5.49. The lowest BCUT2D eigenvalue weighted by atomic mass is 9.97. The first-order chi connectivity index (χ1) is 13.0. The van der Waals surface area contributed by atoms with E-state index in [0.29, 0.717) is 13.0 Å². The molecule has 138 valence electrons. The van der Waals surface area contributed by atoms with Crippen molar-refractivity contribution in [1.82, 2.24) is 9.47 Å². The van der Waals surface area contributed by atoms with Crippen molar-refractivity contribution in [3.05, 3.63) is 65.4 Å². The van der Waals surface area contributed by atoms with E-state index in [0.717, 1.165) is 33.4 Å². The van der Waals surface area contributed by atoms with E-state index in [-0.39, 0.29) is 11.8 Å². The Kier molecular flexibility index (Phi) is 4.22. The number of β-lactam (4-membered cyclic amide) rings is 1. The minimum absolute atomic E-state index is 0.0198. The normalized spacial score (nSPS) is 14.9. The first-order valence-corrected chi connectivity index (χ1v) is 9.18. The number of benzene rings is 2. The highest BCUT2D eigenvalue weighted by atomic mass is 16.2. The second-order valence-corrected chi connectivity index (χ2v) is 7.17. The van der Waals surface area contributed by atoms with Crippen molar-refractivity contribution >= 4 is 28.4 Å². The number of aryl methyl sites for hydroxylation is 2. The molecular formula is C22H23N3O2. The molecule has 5 nitrogen and oxygen atoms in total. The molecule has 0 aliphatic carbocycles. The molecule has 0 spiro atoms. The van der Waals surface area contributed by atoms with Gasteiger partial charge >= 0.3 is 0 Å². The molecule has 3 aromatic rings. The number of nitrogens with zero attached hydrogens (tertiary/aromatic N) is 2. The maximum atomic E-state index is 13.3. The quantitative estimate of drug-likeness (QED) is 0.720. The average Bonchev–Trinajstić information content (AvgIpc) is 2.91. The van der Waals surface area contributed by atoms with Gasteiger partial charge in [0.25, 0.3) is 5.91 Å². The largest absolute Gasteiger partial charge is 0.348 e. The van der Waals surface area contributed by atoms with Gasteiger partial charge in [-0.25, -0.2) is 0 Å². The molecule has 1 aliphatic rings. The Labute approximate surface area is 158 Å². The number of para-hydroxylation sites is 1. The summed E-state index contributed by atoms with van der Waals surface area (Å²) in [6.45, 7) is 4.62. The van der Waals surface area contributed by atoms with E-state index >= 15 is 0 Å². The van der Waals surface area contributed by atoms with Crippen molar-refractivity contribution in [2.24, 2.45) is 7.05 Å². The SMILES string of the molecule is Cc1ccc(NC(=O)C(c2c(C)n(C)c3ccccc23)N2CCC2=O)cc1. The summed E-state index contributed by atoms with van der Waals surface area (Å²) in [5, 5.41) is 4.01. The molecule has 1 fully saturated rings. The highest BCUT2D eigenvalue weighted by Gasteiger charge is 2.39. The molecule has 27 heavy (non-hydrogen) atoms. The molecule has 1 aromatic heterocycles. The Morgan fingerprint density at radius 3 is 2.41 bits per heavy atom. The number of likely N-dealkylation sites (tertiary alicyclic amines) is 1. The van der Waals surface area contributed by atoms with Gasteiger partial charge in [0.2, 0.25) is 5.91 Å². The first-order valence-electron chi connectivity index (χ1n) is 9.18. The van der Waals surface area contributed by atoms with Gasteiger partial charge < -0.3 is 14.8 Å². The van der Waals surface area contributed by atoms with Gasteiger partial charge in [-0.2, -0.15) is 0 Å². The fraction of sp³-hybridized carbons (Fsp3) is 0.273. The van der Waals surface area contributed by atoms with E-state index in [1.54, 1.807) is 4.90 Å². The van der Waals surface area contributed by atoms with Crippen LogP contribution in [0, 0.1) is 13.8 Å². The van der Waals surface area contributed by atoms with Gasteiger partial charge in [0.15, 0.2) is 0 Å². The molecular weight excluding hydrogens is 338 g/mol. The number of carbonyl (C=O) groups excluding carboxylic acids is 2. The van der Waals surface area contributed by atoms with E-state index in [4.69, 9.17) is 0 Å². The van der Waals surface area contributed by atoms with Crippen LogP contribution in [0.5, 0.6) is 0 Å². The molecule has 1 saturated heterocycles. The van der Waals surface area contributed by atoms with E-state index < -0.39 is 6.04 Å². The molecule has 0 radical (unpaired) electrons. The fourth-order valence-electron chi connectivity index (χ4n) is 3.78. The van der Waals surface area contributed by atoms with Crippen LogP contribution in [0.4, 0.5) is 5.69 Å². The Bertz CT molecular complexity index is 1030. The van der Waals surface area contributed by atoms with Gasteiger partial charge in [0.05, 0.1) is 0 Å². The third kappa shape index (κ3) is 2.89. The number of rotatable bonds is 4. The Morgan fingerprint density at radius 2 is 1.78 bits per heavy atom. The summed E-state index contributed by atoms with van der Waals surface area (Å²) in [5.41, 5.74) is 4.84. The number of fused-ring (bicyclic) bond motifs is 1. The van der Waals surface area contributed by atoms with E-state index in [2.05, 4.69) is 9.88 Å². The van der Waals surface area contributed by atoms with Crippen LogP contribution in [-0.2, 0) is 16.6 Å². The number of nitrogens with one attached hydrogen (secondary N) is 1. The number of anilines is 1. The number of aromatic nitrogens is 1. The predicted octanol–water partition coefficient (Wildman–Crippen LogP) is 3.71. The van der Waals surface area contributed by atoms with Crippen molar-refractivity contribution in [2.45, 2.75) is 26.3 Å². The maximum Gasteiger partial charge on any atom is 0.251 e. The molecule has 1 atom stereocenters. The van der Waals surface area contributed by atoms with Gasteiger partial charge in [-0.3, -0.25) is 9.59 Å². The van der Waals surface area contributed by atoms with Crippen LogP contribution in [0.15, 0.2) is 48.5 Å². The Morgan fingerprint density at radius 1 is 1.07 bits per heavy atom. The van der Waals surface area contributed by atoms with Crippen LogP contribution in [0.25, 0.3) is 10.9 Å². The summed E-state index contributed by atoms with van der Waals surface area (Å²) in [5.74, 6) is -0.155. The predicted molar refractivity (Wildman–Crippen MR) is 107 cm³/mol. The maximum absolute atomic E-state index is 13.3. The van der Waals surface area contributed by atoms with Crippen molar-refractivity contribution in [3.8, 4) is 0 Å². The van der Waals surface area contributed by atoms with Crippen LogP contribution in [0.1, 0.15) is 29.3 Å². The lowest BCUT2D eigenvalue weighted by Crippen LogP contribution is -2.49. The van der Waals surface area contributed by atoms with Gasteiger partial charge in [-0.1, -0.05) is 35.9 Å². The molecule has 2 heterocycles. The number of hydrogen-bond acceptors (Lipinski definition) is 2. The van der Waals surface area contributed by atoms with Gasteiger partial charge in [-0.05, 0) is 32.0 Å². The summed E-state index contributed by atoms with van der Waals surface area (Å²) in [6, 6.07) is 15.1. The van der Waals surface area contributed by atoms with Gasteiger partial charge in [-0.15, -0.1) is 0 Å². The molecule has 4 rings (SSSR count). The summed E-state index contributed by atoms with van der Waals surface area (Å²) in [4.78, 5) is 27.2. The topological polar surface area (TPSA) is 54.3 Å². The highest BCUT2D eigenvalue weighted by Crippen LogP contribution is 2.36. The lowest BCUT2D eigenvalue weighted by Gasteiger charge is -2.37. The molecule has 2 aromatic carbocycles. The minimum atomic E-state index is -0.626. The molecule has 2 amide bonds. The van der Waals surface area contributed by atoms with Crippen molar-refractivity contribution in [2.75, 3.05) is 11.9 Å². The van der Waals surface area contributed by atoms with Crippen LogP contribution in [0.3, 0.4) is 0 Å². The molecule has 5 heteroatoms. The second kappa shape index (κ2) is 6.58. The van der Waals surface area contributed by atoms with Gasteiger partial charge in [0.1, 0.15) is 6.04 Å². The first kappa shape index (κ1) is 17.3. The van der Waals surface area contributed by atoms with Crippen molar-refractivity contribution in [3.63, 3.8) is 0 Å². The van der Waals surface area contributed by atoms with Crippen LogP contribution in [0.2, 0.25) is 0 Å². The standard InChI is InChI=1S/C22H23N3O2/c1-14-8-10-16(11-9-14)23-22(27)21(25-13-12-19(25)26)20-15(2)24(3)18-7-5-4-6-17(18)20/h4-11,21H,12-13H2,1-3H3,(H,23,27). The zero-order valence-corrected chi connectivity index (χ0v) is 15.8. The average molecular weight is 361 g/mol. The molecule has 1 aliphatic heterocycles. The van der Waals surface area contributed by atoms with Crippen LogP contribution in [-0.4, -0.2) is 27.8 Å². The second-order valence-electron chi connectivity index (χ2n) is 7.17. The zero-order valence-electron chi connectivity index (χ0n) is 15.8. The third-order valence-electron chi connectivity index (χ3n) is 5.49. The van der Waals surface area contributed by atoms with Crippen molar-refractivity contribution < 1.29 is 9.59 Å². The van der Waals surface area contributed by atoms with E-state index in [9.17, 15) is 9.59 Å². The number of amides is 2. The Balaban J connectivity index is 1.79. The summed E-state index contributed by atoms with van der Waals surface area (Å²) < 4.78 is 2.08. The molecule has 1 unspecified atom stereocenters. The molecule has 0 bridgehead atoms. The van der Waals surface area contributed by atoms with Crippen LogP contribution < -0.4 is 5.32 Å². The number of hydrogen-bond donors (Lipinski definition) is 1. The highest BCUT2D eigenvalue weighted by molar-refractivity contribution is 6.02. The fourth-order valence-corrected chi connectivity index (χ4v) is 3.78. The monoisotopic (exact) mass is 361 g/mol. The molecule has 0 saturated carbocycles. The minimum Gasteiger partial charge on any atom is -0.348 e. The zero-order chi connectivity index (χ0) is 19.1. The Hall–Kier alpha value is -3.08. The summed E-state index contributed by atoms with van der Waals surface area (Å²) in [6.07, 6.45) is 0.498. The smallest absolute Gasteiger partial charge is 0.251 e. The molecule has 1 N–H and O–H groups in total. The van der Waals surface area contributed by atoms with E-state index in [1.807, 2.05) is 69.4 Å².